The Labute approximate surface area is 143 Å². The molecule has 2 aromatic carbocycles. The molecular formula is C15H10BrFN2OS2. The molecular weight excluding hydrogens is 387 g/mol. The van der Waals surface area contributed by atoms with Crippen LogP contribution in [-0.4, -0.2) is 17.1 Å². The molecule has 1 N–H and O–H groups in total. The zero-order valence-electron chi connectivity index (χ0n) is 11.4. The van der Waals surface area contributed by atoms with Crippen molar-refractivity contribution >= 4 is 60.8 Å². The summed E-state index contributed by atoms with van der Waals surface area (Å²) >= 11 is 6.31. The number of carbonyl (C=O) groups excluding carboxylic acids is 1. The normalized spacial score (nSPS) is 10.9. The number of fused-ring (bicyclic) bond motifs is 1. The fraction of sp³-hybridized carbons (Fsp3) is 0.0667. The Morgan fingerprint density at radius 2 is 2.14 bits per heavy atom. The van der Waals surface area contributed by atoms with E-state index in [0.717, 1.165) is 14.6 Å². The van der Waals surface area contributed by atoms with Gasteiger partial charge in [0, 0.05) is 10.2 Å². The highest BCUT2D eigenvalue weighted by Gasteiger charge is 2.13. The van der Waals surface area contributed by atoms with E-state index in [-0.39, 0.29) is 5.56 Å². The second kappa shape index (κ2) is 6.36. The van der Waals surface area contributed by atoms with Gasteiger partial charge in [-0.15, -0.1) is 11.3 Å². The van der Waals surface area contributed by atoms with Crippen molar-refractivity contribution in [1.29, 1.82) is 0 Å². The maximum atomic E-state index is 13.8. The molecule has 1 heterocycles. The van der Waals surface area contributed by atoms with Crippen molar-refractivity contribution in [3.05, 3.63) is 52.3 Å². The molecule has 0 fully saturated rings. The van der Waals surface area contributed by atoms with Crippen molar-refractivity contribution in [3.8, 4) is 0 Å². The zero-order valence-corrected chi connectivity index (χ0v) is 14.6. The van der Waals surface area contributed by atoms with E-state index in [9.17, 15) is 9.18 Å². The van der Waals surface area contributed by atoms with Gasteiger partial charge in [-0.05, 0) is 42.7 Å². The number of amides is 1. The average molecular weight is 397 g/mol. The van der Waals surface area contributed by atoms with E-state index in [4.69, 9.17) is 0 Å². The van der Waals surface area contributed by atoms with Crippen LogP contribution in [0.25, 0.3) is 10.2 Å². The zero-order chi connectivity index (χ0) is 15.7. The predicted octanol–water partition coefficient (Wildman–Crippen LogP) is 5.17. The fourth-order valence-electron chi connectivity index (χ4n) is 1.94. The van der Waals surface area contributed by atoms with Crippen LogP contribution in [0.5, 0.6) is 0 Å². The van der Waals surface area contributed by atoms with Gasteiger partial charge in [-0.1, -0.05) is 27.7 Å². The molecule has 0 saturated carbocycles. The molecule has 0 atom stereocenters. The molecule has 0 bridgehead atoms. The van der Waals surface area contributed by atoms with Gasteiger partial charge in [0.1, 0.15) is 5.82 Å². The van der Waals surface area contributed by atoms with E-state index >= 15 is 0 Å². The van der Waals surface area contributed by atoms with Crippen LogP contribution in [0.15, 0.2) is 45.2 Å². The lowest BCUT2D eigenvalue weighted by Crippen LogP contribution is -2.13. The number of nitrogens with one attached hydrogen (secondary N) is 1. The molecule has 7 heteroatoms. The minimum absolute atomic E-state index is 0.0115. The van der Waals surface area contributed by atoms with Crippen LogP contribution in [0.3, 0.4) is 0 Å². The Hall–Kier alpha value is -1.44. The second-order valence-corrected chi connectivity index (χ2v) is 7.44. The SMILES string of the molecule is CSc1nc2ccc(NC(=O)c3ccc(Br)cc3F)cc2s1. The first kappa shape index (κ1) is 15.5. The number of rotatable bonds is 3. The van der Waals surface area contributed by atoms with Crippen LogP contribution in [0.4, 0.5) is 10.1 Å². The number of anilines is 1. The highest BCUT2D eigenvalue weighted by molar-refractivity contribution is 9.10. The van der Waals surface area contributed by atoms with E-state index in [1.165, 1.54) is 12.1 Å². The van der Waals surface area contributed by atoms with Crippen molar-refractivity contribution in [1.82, 2.24) is 4.98 Å². The molecule has 0 aliphatic carbocycles. The van der Waals surface area contributed by atoms with E-state index in [1.807, 2.05) is 18.4 Å². The summed E-state index contributed by atoms with van der Waals surface area (Å²) in [5.41, 5.74) is 1.52. The number of halogens is 2. The van der Waals surface area contributed by atoms with Crippen LogP contribution in [0.1, 0.15) is 10.4 Å². The molecule has 0 saturated heterocycles. The van der Waals surface area contributed by atoms with Crippen LogP contribution in [0.2, 0.25) is 0 Å². The summed E-state index contributed by atoms with van der Waals surface area (Å²) in [5.74, 6) is -1.03. The number of thioether (sulfide) groups is 1. The molecule has 0 spiro atoms. The summed E-state index contributed by atoms with van der Waals surface area (Å²) in [4.78, 5) is 16.6. The number of hydrogen-bond acceptors (Lipinski definition) is 4. The van der Waals surface area contributed by atoms with E-state index in [2.05, 4.69) is 26.2 Å². The summed E-state index contributed by atoms with van der Waals surface area (Å²) in [7, 11) is 0. The summed E-state index contributed by atoms with van der Waals surface area (Å²) in [6, 6.07) is 9.81. The maximum Gasteiger partial charge on any atom is 0.258 e. The number of benzene rings is 2. The molecule has 22 heavy (non-hydrogen) atoms. The van der Waals surface area contributed by atoms with Gasteiger partial charge in [-0.3, -0.25) is 4.79 Å². The third-order valence-electron chi connectivity index (χ3n) is 2.98. The first-order valence-electron chi connectivity index (χ1n) is 6.28. The average Bonchev–Trinajstić information content (AvgIpc) is 2.89. The first-order chi connectivity index (χ1) is 10.6. The molecule has 3 rings (SSSR count). The highest BCUT2D eigenvalue weighted by atomic mass is 79.9. The maximum absolute atomic E-state index is 13.8. The summed E-state index contributed by atoms with van der Waals surface area (Å²) in [5, 5.41) is 2.72. The van der Waals surface area contributed by atoms with Gasteiger partial charge in [0.15, 0.2) is 4.34 Å². The lowest BCUT2D eigenvalue weighted by molar-refractivity contribution is 0.102. The molecule has 1 aromatic heterocycles. The number of hydrogen-bond donors (Lipinski definition) is 1. The second-order valence-electron chi connectivity index (χ2n) is 4.44. The Morgan fingerprint density at radius 1 is 1.32 bits per heavy atom. The van der Waals surface area contributed by atoms with Gasteiger partial charge in [-0.25, -0.2) is 9.37 Å². The standard InChI is InChI=1S/C15H10BrFN2OS2/c1-21-15-19-12-5-3-9(7-13(12)22-15)18-14(20)10-4-2-8(16)6-11(10)17/h2-7H,1H3,(H,18,20). The molecule has 0 unspecified atom stereocenters. The van der Waals surface area contributed by atoms with Crippen LogP contribution in [-0.2, 0) is 0 Å². The molecule has 3 aromatic rings. The third-order valence-corrected chi connectivity index (χ3v) is 5.47. The molecule has 112 valence electrons. The molecule has 0 aliphatic heterocycles. The van der Waals surface area contributed by atoms with Gasteiger partial charge in [0.25, 0.3) is 5.91 Å². The summed E-state index contributed by atoms with van der Waals surface area (Å²) in [6.07, 6.45) is 1.97. The van der Waals surface area contributed by atoms with E-state index in [1.54, 1.807) is 35.2 Å². The Kier molecular flexibility index (Phi) is 4.46. The smallest absolute Gasteiger partial charge is 0.258 e. The van der Waals surface area contributed by atoms with Gasteiger partial charge in [0.05, 0.1) is 15.8 Å². The van der Waals surface area contributed by atoms with Gasteiger partial charge >= 0.3 is 0 Å². The van der Waals surface area contributed by atoms with Crippen LogP contribution >= 0.6 is 39.0 Å². The fourth-order valence-corrected chi connectivity index (χ4v) is 3.80. The first-order valence-corrected chi connectivity index (χ1v) is 9.11. The van der Waals surface area contributed by atoms with Crippen molar-refractivity contribution < 1.29 is 9.18 Å². The molecule has 0 aliphatic rings. The summed E-state index contributed by atoms with van der Waals surface area (Å²) in [6.45, 7) is 0. The minimum atomic E-state index is -0.560. The van der Waals surface area contributed by atoms with E-state index < -0.39 is 11.7 Å². The van der Waals surface area contributed by atoms with Crippen molar-refractivity contribution in [2.45, 2.75) is 4.34 Å². The Balaban J connectivity index is 1.87. The molecule has 1 amide bonds. The number of thiazole rings is 1. The highest BCUT2D eigenvalue weighted by Crippen LogP contribution is 2.30. The lowest BCUT2D eigenvalue weighted by atomic mass is 10.2. The topological polar surface area (TPSA) is 42.0 Å². The van der Waals surface area contributed by atoms with Crippen LogP contribution in [0, 0.1) is 5.82 Å². The Morgan fingerprint density at radius 3 is 2.86 bits per heavy atom. The van der Waals surface area contributed by atoms with Gasteiger partial charge < -0.3 is 5.32 Å². The number of carbonyl (C=O) groups is 1. The third kappa shape index (κ3) is 3.16. The monoisotopic (exact) mass is 396 g/mol. The minimum Gasteiger partial charge on any atom is -0.322 e. The van der Waals surface area contributed by atoms with Gasteiger partial charge in [-0.2, -0.15) is 0 Å². The lowest BCUT2D eigenvalue weighted by Gasteiger charge is -2.06. The van der Waals surface area contributed by atoms with E-state index in [0.29, 0.717) is 10.2 Å². The summed E-state index contributed by atoms with van der Waals surface area (Å²) < 4.78 is 16.4. The number of aromatic nitrogens is 1. The van der Waals surface area contributed by atoms with Gasteiger partial charge in [0.2, 0.25) is 0 Å². The Bertz CT molecular complexity index is 866. The van der Waals surface area contributed by atoms with Crippen molar-refractivity contribution in [3.63, 3.8) is 0 Å². The largest absolute Gasteiger partial charge is 0.322 e. The van der Waals surface area contributed by atoms with Crippen molar-refractivity contribution in [2.75, 3.05) is 11.6 Å². The number of nitrogens with zero attached hydrogens (tertiary/aromatic N) is 1. The van der Waals surface area contributed by atoms with Crippen molar-refractivity contribution in [2.24, 2.45) is 0 Å². The van der Waals surface area contributed by atoms with Crippen LogP contribution < -0.4 is 5.32 Å². The molecule has 3 nitrogen and oxygen atoms in total. The predicted molar refractivity (Wildman–Crippen MR) is 93.5 cm³/mol. The quantitative estimate of drug-likeness (QED) is 0.620. The molecule has 0 radical (unpaired) electrons.